The molecule has 2 aliphatic rings. The molecule has 0 unspecified atom stereocenters. The van der Waals surface area contributed by atoms with E-state index in [0.29, 0.717) is 20.9 Å². The molecule has 2 heterocycles. The molecule has 0 bridgehead atoms. The Hall–Kier alpha value is -1.49. The Kier molecular flexibility index (Phi) is 6.62. The van der Waals surface area contributed by atoms with Crippen molar-refractivity contribution in [2.45, 2.75) is 37.7 Å². The fraction of sp³-hybridized carbons (Fsp3) is 0.500. The Bertz CT molecular complexity index is 1010. The van der Waals surface area contributed by atoms with Crippen LogP contribution in [0, 0.1) is 0 Å². The number of nitrogens with zero attached hydrogens (tertiary/aromatic N) is 2. The van der Waals surface area contributed by atoms with Crippen molar-refractivity contribution >= 4 is 67.7 Å². The highest BCUT2D eigenvalue weighted by molar-refractivity contribution is 8.16. The average molecular weight is 494 g/mol. The molecular formula is C18H21Cl2N3O5S2. The molecule has 0 saturated carbocycles. The Morgan fingerprint density at radius 3 is 2.63 bits per heavy atom. The molecule has 2 saturated heterocycles. The maximum atomic E-state index is 12.4. The molecule has 2 amide bonds. The molecule has 0 aliphatic carbocycles. The summed E-state index contributed by atoms with van der Waals surface area (Å²) in [5, 5.41) is 3.18. The van der Waals surface area contributed by atoms with Gasteiger partial charge in [0.2, 0.25) is 0 Å². The molecule has 0 radical (unpaired) electrons. The first-order chi connectivity index (χ1) is 13.8. The lowest BCUT2D eigenvalue weighted by molar-refractivity contribution is -0.117. The van der Waals surface area contributed by atoms with Crippen LogP contribution in [0.5, 0.6) is 0 Å². The first-order valence-corrected chi connectivity index (χ1v) is 12.5. The zero-order chi connectivity index (χ0) is 22.3. The number of ether oxygens (including phenoxy) is 1. The Balaban J connectivity index is 1.82. The minimum atomic E-state index is -3.20. The van der Waals surface area contributed by atoms with Gasteiger partial charge in [0.15, 0.2) is 15.0 Å². The molecule has 12 heteroatoms. The zero-order valence-electron chi connectivity index (χ0n) is 16.5. The molecule has 2 fully saturated rings. The van der Waals surface area contributed by atoms with Crippen LogP contribution in [-0.4, -0.2) is 60.5 Å². The number of carbonyl (C=O) groups excluding carboxylic acids is 2. The van der Waals surface area contributed by atoms with Crippen molar-refractivity contribution in [1.29, 1.82) is 0 Å². The topological polar surface area (TPSA) is 105 Å². The molecule has 0 aromatic heterocycles. The SMILES string of the molecule is CC(C)(C)OC(=O)NCC(=O)N=C1S[C@H]2CS(=O)(=O)C[C@@H]2N1c1ccc(Cl)cc1Cl. The number of hydrogen-bond acceptors (Lipinski definition) is 6. The van der Waals surface area contributed by atoms with Crippen molar-refractivity contribution in [3.05, 3.63) is 28.2 Å². The number of aliphatic imine (C=N–C) groups is 1. The number of rotatable bonds is 3. The molecule has 1 aromatic carbocycles. The molecule has 30 heavy (non-hydrogen) atoms. The molecular weight excluding hydrogens is 473 g/mol. The van der Waals surface area contributed by atoms with E-state index in [1.54, 1.807) is 43.9 Å². The van der Waals surface area contributed by atoms with Gasteiger partial charge < -0.3 is 15.0 Å². The summed E-state index contributed by atoms with van der Waals surface area (Å²) in [5.41, 5.74) is -0.171. The van der Waals surface area contributed by atoms with Gasteiger partial charge in [-0.25, -0.2) is 13.2 Å². The third-order valence-electron chi connectivity index (χ3n) is 4.24. The maximum absolute atomic E-state index is 12.4. The van der Waals surface area contributed by atoms with Crippen molar-refractivity contribution in [3.8, 4) is 0 Å². The molecule has 1 aromatic rings. The smallest absolute Gasteiger partial charge is 0.408 e. The van der Waals surface area contributed by atoms with Gasteiger partial charge in [0.25, 0.3) is 5.91 Å². The largest absolute Gasteiger partial charge is 0.444 e. The number of anilines is 1. The van der Waals surface area contributed by atoms with E-state index in [1.165, 1.54) is 11.8 Å². The number of amidine groups is 1. The van der Waals surface area contributed by atoms with E-state index < -0.39 is 33.5 Å². The van der Waals surface area contributed by atoms with E-state index in [4.69, 9.17) is 27.9 Å². The van der Waals surface area contributed by atoms with E-state index in [9.17, 15) is 18.0 Å². The van der Waals surface area contributed by atoms with Gasteiger partial charge in [0.1, 0.15) is 12.1 Å². The number of benzene rings is 1. The van der Waals surface area contributed by atoms with Crippen LogP contribution in [0.1, 0.15) is 20.8 Å². The lowest BCUT2D eigenvalue weighted by atomic mass is 10.2. The number of hydrogen-bond donors (Lipinski definition) is 1. The highest BCUT2D eigenvalue weighted by atomic mass is 35.5. The first kappa shape index (κ1) is 23.2. The van der Waals surface area contributed by atoms with Crippen LogP contribution in [0.4, 0.5) is 10.5 Å². The van der Waals surface area contributed by atoms with Crippen molar-refractivity contribution in [1.82, 2.24) is 5.32 Å². The van der Waals surface area contributed by atoms with Crippen LogP contribution in [0.3, 0.4) is 0 Å². The number of carbonyl (C=O) groups is 2. The number of amides is 2. The second kappa shape index (κ2) is 8.57. The van der Waals surface area contributed by atoms with Crippen molar-refractivity contribution in [2.24, 2.45) is 4.99 Å². The lowest BCUT2D eigenvalue weighted by Crippen LogP contribution is -2.38. The third kappa shape index (κ3) is 5.60. The fourth-order valence-corrected chi connectivity index (χ4v) is 7.55. The van der Waals surface area contributed by atoms with Gasteiger partial charge in [0, 0.05) is 10.3 Å². The first-order valence-electron chi connectivity index (χ1n) is 9.04. The van der Waals surface area contributed by atoms with E-state index in [2.05, 4.69) is 10.3 Å². The number of alkyl carbamates (subject to hydrolysis) is 1. The quantitative estimate of drug-likeness (QED) is 0.689. The standard InChI is InChI=1S/C18H21Cl2N3O5S2/c1-18(2,3)28-17(25)21-7-15(24)22-16-23(12-5-4-10(19)6-11(12)20)13-8-30(26,27)9-14(13)29-16/h4-6,13-14H,7-9H2,1-3H3,(H,21,25)/t13-,14-/m0/s1. The predicted octanol–water partition coefficient (Wildman–Crippen LogP) is 3.12. The average Bonchev–Trinajstić information content (AvgIpc) is 3.03. The van der Waals surface area contributed by atoms with Gasteiger partial charge in [-0.15, -0.1) is 0 Å². The van der Waals surface area contributed by atoms with Crippen LogP contribution in [0.2, 0.25) is 10.0 Å². The van der Waals surface area contributed by atoms with E-state index in [-0.39, 0.29) is 23.3 Å². The van der Waals surface area contributed by atoms with Gasteiger partial charge >= 0.3 is 6.09 Å². The lowest BCUT2D eigenvalue weighted by Gasteiger charge is -2.25. The van der Waals surface area contributed by atoms with Crippen LogP contribution >= 0.6 is 35.0 Å². The number of sulfone groups is 1. The highest BCUT2D eigenvalue weighted by Gasteiger charge is 2.49. The Morgan fingerprint density at radius 2 is 2.00 bits per heavy atom. The van der Waals surface area contributed by atoms with Crippen LogP contribution < -0.4 is 10.2 Å². The van der Waals surface area contributed by atoms with Crippen molar-refractivity contribution in [3.63, 3.8) is 0 Å². The maximum Gasteiger partial charge on any atom is 0.408 e. The van der Waals surface area contributed by atoms with Gasteiger partial charge in [-0.1, -0.05) is 35.0 Å². The Labute approximate surface area is 189 Å². The number of fused-ring (bicyclic) bond motifs is 1. The fourth-order valence-electron chi connectivity index (χ4n) is 3.13. The molecule has 1 N–H and O–H groups in total. The summed E-state index contributed by atoms with van der Waals surface area (Å²) in [6.07, 6.45) is -0.726. The van der Waals surface area contributed by atoms with Crippen LogP contribution in [-0.2, 0) is 19.4 Å². The summed E-state index contributed by atoms with van der Waals surface area (Å²) < 4.78 is 29.3. The number of nitrogens with one attached hydrogen (secondary N) is 1. The Morgan fingerprint density at radius 1 is 1.30 bits per heavy atom. The second-order valence-corrected chi connectivity index (χ2v) is 12.1. The predicted molar refractivity (Wildman–Crippen MR) is 119 cm³/mol. The second-order valence-electron chi connectivity index (χ2n) is 7.91. The van der Waals surface area contributed by atoms with Crippen molar-refractivity contribution in [2.75, 3.05) is 23.0 Å². The van der Waals surface area contributed by atoms with Crippen LogP contribution in [0.15, 0.2) is 23.2 Å². The summed E-state index contributed by atoms with van der Waals surface area (Å²) in [6, 6.07) is 4.44. The van der Waals surface area contributed by atoms with Gasteiger partial charge in [-0.05, 0) is 39.0 Å². The summed E-state index contributed by atoms with van der Waals surface area (Å²) in [5.74, 6) is -0.665. The third-order valence-corrected chi connectivity index (χ3v) is 7.99. The zero-order valence-corrected chi connectivity index (χ0v) is 19.7. The van der Waals surface area contributed by atoms with E-state index in [1.807, 2.05) is 0 Å². The van der Waals surface area contributed by atoms with Gasteiger partial charge in [-0.3, -0.25) is 4.79 Å². The van der Waals surface area contributed by atoms with Gasteiger partial charge in [0.05, 0.1) is 28.3 Å². The molecule has 0 spiro atoms. The molecule has 8 nitrogen and oxygen atoms in total. The monoisotopic (exact) mass is 493 g/mol. The van der Waals surface area contributed by atoms with Gasteiger partial charge in [-0.2, -0.15) is 4.99 Å². The summed E-state index contributed by atoms with van der Waals surface area (Å²) >= 11 is 13.5. The normalized spacial score (nSPS) is 24.0. The van der Waals surface area contributed by atoms with Crippen LogP contribution in [0.25, 0.3) is 0 Å². The van der Waals surface area contributed by atoms with E-state index >= 15 is 0 Å². The van der Waals surface area contributed by atoms with Crippen molar-refractivity contribution < 1.29 is 22.7 Å². The minimum Gasteiger partial charge on any atom is -0.444 e. The van der Waals surface area contributed by atoms with E-state index in [0.717, 1.165) is 0 Å². The molecule has 164 valence electrons. The highest BCUT2D eigenvalue weighted by Crippen LogP contribution is 2.43. The minimum absolute atomic E-state index is 0.00654. The summed E-state index contributed by atoms with van der Waals surface area (Å²) in [6.45, 7) is 4.79. The number of halogens is 2. The molecule has 3 rings (SSSR count). The molecule has 2 atom stereocenters. The summed E-state index contributed by atoms with van der Waals surface area (Å²) in [7, 11) is -3.20. The molecule has 2 aliphatic heterocycles. The summed E-state index contributed by atoms with van der Waals surface area (Å²) in [4.78, 5) is 29.9. The number of thioether (sulfide) groups is 1.